The van der Waals surface area contributed by atoms with E-state index in [9.17, 15) is 26.7 Å². The van der Waals surface area contributed by atoms with E-state index in [1.807, 2.05) is 0 Å². The number of aryl methyl sites for hydroxylation is 1. The minimum Gasteiger partial charge on any atom is -0.344 e. The molecule has 0 spiro atoms. The van der Waals surface area contributed by atoms with Gasteiger partial charge in [-0.2, -0.15) is 27.1 Å². The van der Waals surface area contributed by atoms with Crippen molar-refractivity contribution in [1.82, 2.24) is 25.1 Å². The van der Waals surface area contributed by atoms with Crippen LogP contribution in [0.1, 0.15) is 53.2 Å². The lowest BCUT2D eigenvalue weighted by Gasteiger charge is -2.24. The van der Waals surface area contributed by atoms with Crippen molar-refractivity contribution in [1.29, 1.82) is 0 Å². The number of carbonyl (C=O) groups excluding carboxylic acids is 1. The zero-order chi connectivity index (χ0) is 23.1. The Morgan fingerprint density at radius 2 is 1.78 bits per heavy atom. The number of hydrogen-bond donors (Lipinski definition) is 1. The lowest BCUT2D eigenvalue weighted by atomic mass is 10.0. The monoisotopic (exact) mass is 451 g/mol. The first-order valence-electron chi connectivity index (χ1n) is 9.79. The van der Waals surface area contributed by atoms with Gasteiger partial charge in [-0.25, -0.2) is 0 Å². The van der Waals surface area contributed by atoms with Crippen molar-refractivity contribution >= 4 is 5.91 Å². The molecule has 1 N–H and O–H groups in total. The first-order chi connectivity index (χ1) is 15.0. The van der Waals surface area contributed by atoms with Crippen molar-refractivity contribution in [2.45, 2.75) is 44.5 Å². The third-order valence-electron chi connectivity index (χ3n) is 5.15. The molecule has 1 atom stereocenters. The van der Waals surface area contributed by atoms with Crippen molar-refractivity contribution < 1.29 is 26.7 Å². The highest BCUT2D eigenvalue weighted by Crippen LogP contribution is 2.32. The molecule has 4 heterocycles. The van der Waals surface area contributed by atoms with Gasteiger partial charge in [-0.05, 0) is 43.2 Å². The van der Waals surface area contributed by atoms with E-state index in [-0.39, 0.29) is 11.3 Å². The third kappa shape index (κ3) is 4.46. The number of rotatable bonds is 4. The predicted octanol–water partition coefficient (Wildman–Crippen LogP) is 4.74. The molecule has 1 aliphatic rings. The van der Waals surface area contributed by atoms with Crippen LogP contribution in [-0.4, -0.2) is 25.7 Å². The van der Waals surface area contributed by atoms with Crippen molar-refractivity contribution in [2.75, 3.05) is 0 Å². The van der Waals surface area contributed by atoms with E-state index in [1.165, 1.54) is 18.3 Å². The molecular formula is C21H18F5N5O. The summed E-state index contributed by atoms with van der Waals surface area (Å²) in [6.07, 6.45) is -1.21. The molecule has 4 rings (SSSR count). The zero-order valence-electron chi connectivity index (χ0n) is 16.8. The molecule has 168 valence electrons. The van der Waals surface area contributed by atoms with E-state index in [2.05, 4.69) is 20.4 Å². The molecule has 0 bridgehead atoms. The predicted molar refractivity (Wildman–Crippen MR) is 104 cm³/mol. The van der Waals surface area contributed by atoms with Crippen molar-refractivity contribution in [2.24, 2.45) is 0 Å². The minimum atomic E-state index is -4.66. The second-order valence-corrected chi connectivity index (χ2v) is 7.59. The molecule has 1 aliphatic heterocycles. The fourth-order valence-corrected chi connectivity index (χ4v) is 3.57. The largest absolute Gasteiger partial charge is 0.433 e. The number of nitrogens with one attached hydrogen (secondary N) is 1. The van der Waals surface area contributed by atoms with Gasteiger partial charge in [-0.3, -0.25) is 19.4 Å². The van der Waals surface area contributed by atoms with Crippen LogP contribution in [0.15, 0.2) is 42.7 Å². The van der Waals surface area contributed by atoms with E-state index in [4.69, 9.17) is 0 Å². The van der Waals surface area contributed by atoms with E-state index in [0.717, 1.165) is 13.1 Å². The second-order valence-electron chi connectivity index (χ2n) is 7.59. The van der Waals surface area contributed by atoms with Crippen LogP contribution < -0.4 is 5.32 Å². The number of alkyl halides is 5. The standard InChI is InChI=1S/C21H18F5N5O/c1-20(22,23)17-9-12(4-6-27-17)15-11-16-14(3-2-8-31(16)30-15)29-19(32)13-5-7-28-18(10-13)21(24,25)26/h4-7,9-11,14H,2-3,8H2,1H3,(H,29,32). The summed E-state index contributed by atoms with van der Waals surface area (Å²) >= 11 is 0. The maximum absolute atomic E-state index is 13.6. The van der Waals surface area contributed by atoms with Crippen LogP contribution in [-0.2, 0) is 18.6 Å². The Kier molecular flexibility index (Phi) is 5.43. The quantitative estimate of drug-likeness (QED) is 0.582. The van der Waals surface area contributed by atoms with Gasteiger partial charge in [-0.1, -0.05) is 0 Å². The van der Waals surface area contributed by atoms with Crippen LogP contribution >= 0.6 is 0 Å². The Hall–Kier alpha value is -3.37. The van der Waals surface area contributed by atoms with Crippen molar-refractivity contribution in [3.05, 3.63) is 65.4 Å². The molecule has 1 amide bonds. The van der Waals surface area contributed by atoms with Crippen LogP contribution in [0.3, 0.4) is 0 Å². The number of aromatic nitrogens is 4. The van der Waals surface area contributed by atoms with Gasteiger partial charge in [0, 0.05) is 37.0 Å². The van der Waals surface area contributed by atoms with E-state index in [1.54, 1.807) is 16.8 Å². The van der Waals surface area contributed by atoms with Gasteiger partial charge in [0.05, 0.1) is 17.4 Å². The molecular weight excluding hydrogens is 433 g/mol. The minimum absolute atomic E-state index is 0.159. The van der Waals surface area contributed by atoms with Crippen LogP contribution in [0.4, 0.5) is 22.0 Å². The van der Waals surface area contributed by atoms with E-state index >= 15 is 0 Å². The molecule has 0 aromatic carbocycles. The Balaban J connectivity index is 1.59. The van der Waals surface area contributed by atoms with Crippen LogP contribution in [0.5, 0.6) is 0 Å². The summed E-state index contributed by atoms with van der Waals surface area (Å²) in [6, 6.07) is 5.92. The number of nitrogens with zero attached hydrogens (tertiary/aromatic N) is 4. The van der Waals surface area contributed by atoms with Gasteiger partial charge in [-0.15, -0.1) is 0 Å². The van der Waals surface area contributed by atoms with Gasteiger partial charge in [0.25, 0.3) is 11.8 Å². The number of fused-ring (bicyclic) bond motifs is 1. The van der Waals surface area contributed by atoms with E-state index < -0.39 is 29.7 Å². The lowest BCUT2D eigenvalue weighted by Crippen LogP contribution is -2.32. The SMILES string of the molecule is CC(F)(F)c1cc(-c2cc3n(n2)CCCC3NC(=O)c2ccnc(C(F)(F)F)c2)ccn1. The first kappa shape index (κ1) is 21.8. The van der Waals surface area contributed by atoms with Crippen LogP contribution in [0.2, 0.25) is 0 Å². The van der Waals surface area contributed by atoms with Crippen molar-refractivity contribution in [3.63, 3.8) is 0 Å². The highest BCUT2D eigenvalue weighted by atomic mass is 19.4. The average Bonchev–Trinajstić information content (AvgIpc) is 3.18. The smallest absolute Gasteiger partial charge is 0.344 e. The first-order valence-corrected chi connectivity index (χ1v) is 9.79. The summed E-state index contributed by atoms with van der Waals surface area (Å²) in [5.41, 5.74) is -0.157. The fraction of sp³-hybridized carbons (Fsp3) is 0.333. The molecule has 0 aliphatic carbocycles. The number of hydrogen-bond acceptors (Lipinski definition) is 4. The van der Waals surface area contributed by atoms with Gasteiger partial charge in [0.2, 0.25) is 0 Å². The third-order valence-corrected chi connectivity index (χ3v) is 5.15. The Morgan fingerprint density at radius 3 is 2.50 bits per heavy atom. The average molecular weight is 451 g/mol. The molecule has 0 saturated carbocycles. The molecule has 0 saturated heterocycles. The number of amides is 1. The molecule has 11 heteroatoms. The molecule has 0 radical (unpaired) electrons. The topological polar surface area (TPSA) is 72.7 Å². The summed E-state index contributed by atoms with van der Waals surface area (Å²) < 4.78 is 67.6. The zero-order valence-corrected chi connectivity index (χ0v) is 16.8. The van der Waals surface area contributed by atoms with Crippen LogP contribution in [0, 0.1) is 0 Å². The van der Waals surface area contributed by atoms with Crippen molar-refractivity contribution in [3.8, 4) is 11.3 Å². The van der Waals surface area contributed by atoms with Gasteiger partial charge in [0.1, 0.15) is 11.4 Å². The second kappa shape index (κ2) is 7.95. The fourth-order valence-electron chi connectivity index (χ4n) is 3.57. The lowest BCUT2D eigenvalue weighted by molar-refractivity contribution is -0.141. The number of carbonyl (C=O) groups is 1. The number of pyridine rings is 2. The molecule has 0 fully saturated rings. The summed E-state index contributed by atoms with van der Waals surface area (Å²) in [5, 5.41) is 7.20. The normalized spacial score (nSPS) is 16.5. The summed E-state index contributed by atoms with van der Waals surface area (Å²) in [5.74, 6) is -3.78. The van der Waals surface area contributed by atoms with Gasteiger partial charge in [0.15, 0.2) is 0 Å². The Bertz CT molecular complexity index is 1150. The highest BCUT2D eigenvalue weighted by Gasteiger charge is 2.33. The molecule has 1 unspecified atom stereocenters. The van der Waals surface area contributed by atoms with Gasteiger partial charge >= 0.3 is 6.18 Å². The maximum atomic E-state index is 13.6. The molecule has 6 nitrogen and oxygen atoms in total. The highest BCUT2D eigenvalue weighted by molar-refractivity contribution is 5.94. The summed E-state index contributed by atoms with van der Waals surface area (Å²) in [7, 11) is 0. The van der Waals surface area contributed by atoms with E-state index in [0.29, 0.717) is 42.4 Å². The molecule has 32 heavy (non-hydrogen) atoms. The number of halogens is 5. The maximum Gasteiger partial charge on any atom is 0.433 e. The summed E-state index contributed by atoms with van der Waals surface area (Å²) in [4.78, 5) is 19.6. The molecule has 3 aromatic heterocycles. The summed E-state index contributed by atoms with van der Waals surface area (Å²) in [6.45, 7) is 1.32. The Morgan fingerprint density at radius 1 is 1.06 bits per heavy atom. The Labute approximate surface area is 179 Å². The van der Waals surface area contributed by atoms with Gasteiger partial charge < -0.3 is 5.32 Å². The molecule has 3 aromatic rings. The van der Waals surface area contributed by atoms with Crippen LogP contribution in [0.25, 0.3) is 11.3 Å².